The van der Waals surface area contributed by atoms with Crippen LogP contribution in [-0.4, -0.2) is 32.3 Å². The van der Waals surface area contributed by atoms with Gasteiger partial charge in [-0.05, 0) is 25.5 Å². The predicted octanol–water partition coefficient (Wildman–Crippen LogP) is 2.42. The van der Waals surface area contributed by atoms with Gasteiger partial charge in [-0.25, -0.2) is 9.50 Å². The second-order valence-electron chi connectivity index (χ2n) is 5.61. The summed E-state index contributed by atoms with van der Waals surface area (Å²) < 4.78 is 6.75. The van der Waals surface area contributed by atoms with Gasteiger partial charge in [0.15, 0.2) is 5.65 Å². The van der Waals surface area contributed by atoms with Crippen LogP contribution in [0.15, 0.2) is 48.9 Å². The number of aliphatic hydroxyl groups excluding tert-OH is 1. The molecule has 0 aliphatic rings. The Hall–Kier alpha value is -2.73. The Morgan fingerprint density at radius 3 is 2.88 bits per heavy atom. The first kappa shape index (κ1) is 16.1. The Bertz CT molecular complexity index is 859. The summed E-state index contributed by atoms with van der Waals surface area (Å²) in [6, 6.07) is 11.0. The monoisotopic (exact) mass is 325 g/mol. The molecule has 2 unspecified atom stereocenters. The molecule has 0 radical (unpaired) electrons. The lowest BCUT2D eigenvalue weighted by Crippen LogP contribution is -2.23. The van der Waals surface area contributed by atoms with E-state index in [1.54, 1.807) is 29.8 Å². The number of nitrogens with zero attached hydrogens (tertiary/aromatic N) is 3. The van der Waals surface area contributed by atoms with Crippen LogP contribution in [0.25, 0.3) is 5.65 Å². The lowest BCUT2D eigenvalue weighted by atomic mass is 9.89. The standard InChI is InChI=1S/C18H19N3O3/c1-3-24-18(23)16(13-6-4-5-12(2)9-13)17(22)14-7-8-15-19-11-20-21(15)10-14/h4-11,16-17,22H,3H2,1-2H3. The van der Waals surface area contributed by atoms with Gasteiger partial charge in [-0.2, -0.15) is 5.10 Å². The average Bonchev–Trinajstić information content (AvgIpc) is 3.03. The van der Waals surface area contributed by atoms with Crippen LogP contribution in [0.4, 0.5) is 0 Å². The van der Waals surface area contributed by atoms with E-state index < -0.39 is 18.0 Å². The van der Waals surface area contributed by atoms with Crippen LogP contribution in [0.5, 0.6) is 0 Å². The molecule has 1 N–H and O–H groups in total. The molecule has 0 fully saturated rings. The molecule has 1 aromatic carbocycles. The minimum Gasteiger partial charge on any atom is -0.465 e. The van der Waals surface area contributed by atoms with Crippen molar-refractivity contribution in [3.05, 3.63) is 65.6 Å². The van der Waals surface area contributed by atoms with Gasteiger partial charge < -0.3 is 9.84 Å². The zero-order chi connectivity index (χ0) is 17.1. The number of carbonyl (C=O) groups excluding carboxylic acids is 1. The number of carbonyl (C=O) groups is 1. The summed E-state index contributed by atoms with van der Waals surface area (Å²) >= 11 is 0. The summed E-state index contributed by atoms with van der Waals surface area (Å²) in [6.07, 6.45) is 2.07. The number of aryl methyl sites for hydroxylation is 1. The molecular weight excluding hydrogens is 306 g/mol. The molecule has 0 spiro atoms. The molecule has 2 atom stereocenters. The van der Waals surface area contributed by atoms with Crippen LogP contribution in [0.2, 0.25) is 0 Å². The van der Waals surface area contributed by atoms with Crippen LogP contribution in [0.1, 0.15) is 35.6 Å². The zero-order valence-electron chi connectivity index (χ0n) is 13.6. The third-order valence-corrected chi connectivity index (χ3v) is 3.90. The number of benzene rings is 1. The number of pyridine rings is 1. The van der Waals surface area contributed by atoms with E-state index in [0.717, 1.165) is 11.1 Å². The molecule has 0 saturated heterocycles. The van der Waals surface area contributed by atoms with Crippen molar-refractivity contribution in [3.63, 3.8) is 0 Å². The fourth-order valence-electron chi connectivity index (χ4n) is 2.74. The molecule has 0 aliphatic carbocycles. The number of hydrogen-bond acceptors (Lipinski definition) is 5. The number of aromatic nitrogens is 3. The normalized spacial score (nSPS) is 13.6. The first-order valence-corrected chi connectivity index (χ1v) is 7.80. The fourth-order valence-corrected chi connectivity index (χ4v) is 2.74. The summed E-state index contributed by atoms with van der Waals surface area (Å²) in [4.78, 5) is 16.5. The van der Waals surface area contributed by atoms with Gasteiger partial charge in [0.2, 0.25) is 0 Å². The molecule has 0 amide bonds. The number of ether oxygens (including phenoxy) is 1. The highest BCUT2D eigenvalue weighted by molar-refractivity contribution is 5.79. The summed E-state index contributed by atoms with van der Waals surface area (Å²) in [5, 5.41) is 14.9. The molecule has 3 rings (SSSR count). The van der Waals surface area contributed by atoms with Gasteiger partial charge in [-0.3, -0.25) is 4.79 Å². The Morgan fingerprint density at radius 2 is 2.12 bits per heavy atom. The van der Waals surface area contributed by atoms with Gasteiger partial charge in [0.05, 0.1) is 12.7 Å². The fraction of sp³-hybridized carbons (Fsp3) is 0.278. The van der Waals surface area contributed by atoms with E-state index in [1.807, 2.05) is 31.2 Å². The van der Waals surface area contributed by atoms with Crippen molar-refractivity contribution in [2.24, 2.45) is 0 Å². The van der Waals surface area contributed by atoms with Gasteiger partial charge in [-0.15, -0.1) is 0 Å². The molecule has 3 aromatic rings. The SMILES string of the molecule is CCOC(=O)C(c1cccc(C)c1)C(O)c1ccc2ncnn2c1. The van der Waals surface area contributed by atoms with Crippen molar-refractivity contribution < 1.29 is 14.6 Å². The molecule has 2 heterocycles. The smallest absolute Gasteiger partial charge is 0.316 e. The van der Waals surface area contributed by atoms with Gasteiger partial charge in [-0.1, -0.05) is 35.9 Å². The minimum atomic E-state index is -1.04. The van der Waals surface area contributed by atoms with Crippen molar-refractivity contribution in [2.45, 2.75) is 25.9 Å². The number of fused-ring (bicyclic) bond motifs is 1. The van der Waals surface area contributed by atoms with Crippen molar-refractivity contribution in [3.8, 4) is 0 Å². The summed E-state index contributed by atoms with van der Waals surface area (Å²) in [6.45, 7) is 3.95. The topological polar surface area (TPSA) is 76.7 Å². The summed E-state index contributed by atoms with van der Waals surface area (Å²) in [5.74, 6) is -1.25. The van der Waals surface area contributed by atoms with Crippen molar-refractivity contribution in [2.75, 3.05) is 6.61 Å². The number of aliphatic hydroxyl groups is 1. The second-order valence-corrected chi connectivity index (χ2v) is 5.61. The van der Waals surface area contributed by atoms with Crippen molar-refractivity contribution >= 4 is 11.6 Å². The second kappa shape index (κ2) is 6.80. The van der Waals surface area contributed by atoms with Crippen molar-refractivity contribution in [1.29, 1.82) is 0 Å². The molecule has 0 saturated carbocycles. The number of rotatable bonds is 5. The Morgan fingerprint density at radius 1 is 1.29 bits per heavy atom. The maximum Gasteiger partial charge on any atom is 0.316 e. The summed E-state index contributed by atoms with van der Waals surface area (Å²) in [7, 11) is 0. The maximum absolute atomic E-state index is 12.5. The van der Waals surface area contributed by atoms with E-state index in [1.165, 1.54) is 6.33 Å². The molecule has 6 nitrogen and oxygen atoms in total. The quantitative estimate of drug-likeness (QED) is 0.729. The van der Waals surface area contributed by atoms with E-state index in [9.17, 15) is 9.90 Å². The Labute approximate surface area is 139 Å². The molecule has 0 bridgehead atoms. The number of hydrogen-bond donors (Lipinski definition) is 1. The molecule has 24 heavy (non-hydrogen) atoms. The van der Waals surface area contributed by atoms with E-state index in [2.05, 4.69) is 10.1 Å². The molecule has 0 aliphatic heterocycles. The van der Waals surface area contributed by atoms with Crippen LogP contribution in [0.3, 0.4) is 0 Å². The van der Waals surface area contributed by atoms with Crippen LogP contribution in [-0.2, 0) is 9.53 Å². The van der Waals surface area contributed by atoms with Crippen LogP contribution >= 0.6 is 0 Å². The minimum absolute atomic E-state index is 0.260. The lowest BCUT2D eigenvalue weighted by molar-refractivity contribution is -0.148. The van der Waals surface area contributed by atoms with Gasteiger partial charge in [0.25, 0.3) is 0 Å². The molecule has 6 heteroatoms. The van der Waals surface area contributed by atoms with Crippen molar-refractivity contribution in [1.82, 2.24) is 14.6 Å². The third kappa shape index (κ3) is 3.14. The van der Waals surface area contributed by atoms with E-state index in [-0.39, 0.29) is 6.61 Å². The van der Waals surface area contributed by atoms with Crippen LogP contribution < -0.4 is 0 Å². The Balaban J connectivity index is 2.01. The highest BCUT2D eigenvalue weighted by Gasteiger charge is 2.31. The molecular formula is C18H19N3O3. The Kier molecular flexibility index (Phi) is 4.57. The summed E-state index contributed by atoms with van der Waals surface area (Å²) in [5.41, 5.74) is 2.99. The third-order valence-electron chi connectivity index (χ3n) is 3.90. The predicted molar refractivity (Wildman–Crippen MR) is 88.5 cm³/mol. The lowest BCUT2D eigenvalue weighted by Gasteiger charge is -2.22. The maximum atomic E-state index is 12.5. The van der Waals surface area contributed by atoms with Gasteiger partial charge in [0, 0.05) is 11.8 Å². The highest BCUT2D eigenvalue weighted by atomic mass is 16.5. The zero-order valence-corrected chi connectivity index (χ0v) is 13.6. The molecule has 2 aromatic heterocycles. The van der Waals surface area contributed by atoms with E-state index >= 15 is 0 Å². The first-order chi connectivity index (χ1) is 11.6. The largest absolute Gasteiger partial charge is 0.465 e. The first-order valence-electron chi connectivity index (χ1n) is 7.80. The van der Waals surface area contributed by atoms with Gasteiger partial charge >= 0.3 is 5.97 Å². The van der Waals surface area contributed by atoms with Crippen LogP contribution in [0, 0.1) is 6.92 Å². The highest BCUT2D eigenvalue weighted by Crippen LogP contribution is 2.32. The van der Waals surface area contributed by atoms with Gasteiger partial charge in [0.1, 0.15) is 12.2 Å². The average molecular weight is 325 g/mol. The number of esters is 1. The molecule has 124 valence electrons. The van der Waals surface area contributed by atoms with E-state index in [0.29, 0.717) is 11.2 Å². The van der Waals surface area contributed by atoms with E-state index in [4.69, 9.17) is 4.74 Å².